The second-order valence-corrected chi connectivity index (χ2v) is 6.24. The number of aryl methyl sites for hydroxylation is 1. The van der Waals surface area contributed by atoms with Crippen molar-refractivity contribution < 1.29 is 5.11 Å². The first-order valence-corrected chi connectivity index (χ1v) is 8.29. The van der Waals surface area contributed by atoms with Crippen molar-refractivity contribution in [3.05, 3.63) is 89.1 Å². The lowest BCUT2D eigenvalue weighted by molar-refractivity contribution is 0.219. The molecular formula is C21H20N2O. The zero-order valence-corrected chi connectivity index (χ0v) is 13.7. The van der Waals surface area contributed by atoms with E-state index in [9.17, 15) is 5.11 Å². The molecule has 4 rings (SSSR count). The molecule has 2 aromatic carbocycles. The monoisotopic (exact) mass is 316 g/mol. The summed E-state index contributed by atoms with van der Waals surface area (Å²) in [7, 11) is 0. The maximum Gasteiger partial charge on any atom is 0.133 e. The van der Waals surface area contributed by atoms with Crippen LogP contribution in [-0.2, 0) is 6.42 Å². The fourth-order valence-corrected chi connectivity index (χ4v) is 3.38. The predicted octanol–water partition coefficient (Wildman–Crippen LogP) is 4.17. The van der Waals surface area contributed by atoms with Gasteiger partial charge >= 0.3 is 0 Å². The summed E-state index contributed by atoms with van der Waals surface area (Å²) in [6.07, 6.45) is 2.22. The van der Waals surface area contributed by atoms with Crippen LogP contribution >= 0.6 is 0 Å². The van der Waals surface area contributed by atoms with Crippen LogP contribution in [-0.4, -0.2) is 16.6 Å². The molecule has 0 fully saturated rings. The number of para-hydroxylation sites is 1. The first-order valence-electron chi connectivity index (χ1n) is 8.29. The molecule has 1 atom stereocenters. The topological polar surface area (TPSA) is 36.4 Å². The minimum atomic E-state index is -0.640. The van der Waals surface area contributed by atoms with E-state index in [0.717, 1.165) is 35.5 Å². The fourth-order valence-electron chi connectivity index (χ4n) is 3.38. The Morgan fingerprint density at radius 3 is 2.58 bits per heavy atom. The molecule has 0 aliphatic carbocycles. The summed E-state index contributed by atoms with van der Waals surface area (Å²) >= 11 is 0. The Labute approximate surface area is 142 Å². The molecule has 1 N–H and O–H groups in total. The number of anilines is 2. The van der Waals surface area contributed by atoms with Gasteiger partial charge in [-0.25, -0.2) is 4.98 Å². The Balaban J connectivity index is 1.66. The summed E-state index contributed by atoms with van der Waals surface area (Å²) in [5, 5.41) is 10.6. The Morgan fingerprint density at radius 2 is 1.79 bits per heavy atom. The minimum Gasteiger partial charge on any atom is -0.384 e. The van der Waals surface area contributed by atoms with Crippen LogP contribution < -0.4 is 4.90 Å². The maximum absolute atomic E-state index is 10.6. The summed E-state index contributed by atoms with van der Waals surface area (Å²) in [4.78, 5) is 6.88. The average Bonchev–Trinajstić information content (AvgIpc) is 3.06. The van der Waals surface area contributed by atoms with Crippen molar-refractivity contribution in [3.63, 3.8) is 0 Å². The van der Waals surface area contributed by atoms with Crippen molar-refractivity contribution in [2.45, 2.75) is 19.4 Å². The zero-order chi connectivity index (χ0) is 16.5. The standard InChI is InChI=1S/C21H20N2O/c1-15-13-20(23-12-11-16-7-5-6-10-19(16)23)22-14-18(15)21(24)17-8-3-2-4-9-17/h2-10,13-14,21,24H,11-12H2,1H3. The number of hydrogen-bond donors (Lipinski definition) is 1. The van der Waals surface area contributed by atoms with Crippen molar-refractivity contribution in [1.82, 2.24) is 4.98 Å². The Kier molecular flexibility index (Phi) is 3.79. The number of aliphatic hydroxyl groups is 1. The van der Waals surface area contributed by atoms with Crippen molar-refractivity contribution in [1.29, 1.82) is 0 Å². The molecule has 3 heteroatoms. The molecule has 3 nitrogen and oxygen atoms in total. The quantitative estimate of drug-likeness (QED) is 0.788. The minimum absolute atomic E-state index is 0.640. The van der Waals surface area contributed by atoms with Gasteiger partial charge in [0.1, 0.15) is 11.9 Å². The number of aliphatic hydroxyl groups excluding tert-OH is 1. The van der Waals surface area contributed by atoms with Gasteiger partial charge in [0, 0.05) is 24.0 Å². The largest absolute Gasteiger partial charge is 0.384 e. The molecule has 0 bridgehead atoms. The Hall–Kier alpha value is -2.65. The summed E-state index contributed by atoms with van der Waals surface area (Å²) in [6, 6.07) is 20.3. The smallest absolute Gasteiger partial charge is 0.133 e. The van der Waals surface area contributed by atoms with Crippen LogP contribution in [0.2, 0.25) is 0 Å². The third kappa shape index (κ3) is 2.57. The molecule has 0 saturated heterocycles. The van der Waals surface area contributed by atoms with Crippen molar-refractivity contribution >= 4 is 11.5 Å². The van der Waals surface area contributed by atoms with Crippen LogP contribution in [0.15, 0.2) is 66.9 Å². The SMILES string of the molecule is Cc1cc(N2CCc3ccccc32)ncc1C(O)c1ccccc1. The molecule has 0 saturated carbocycles. The van der Waals surface area contributed by atoms with Gasteiger partial charge in [0.05, 0.1) is 0 Å². The highest BCUT2D eigenvalue weighted by Gasteiger charge is 2.22. The van der Waals surface area contributed by atoms with Gasteiger partial charge in [-0.15, -0.1) is 0 Å². The Morgan fingerprint density at radius 1 is 1.04 bits per heavy atom. The van der Waals surface area contributed by atoms with E-state index in [2.05, 4.69) is 40.2 Å². The van der Waals surface area contributed by atoms with Gasteiger partial charge in [-0.3, -0.25) is 0 Å². The highest BCUT2D eigenvalue weighted by Crippen LogP contribution is 2.34. The van der Waals surface area contributed by atoms with Gasteiger partial charge in [0.15, 0.2) is 0 Å². The maximum atomic E-state index is 10.6. The lowest BCUT2D eigenvalue weighted by atomic mass is 9.99. The van der Waals surface area contributed by atoms with E-state index in [4.69, 9.17) is 0 Å². The van der Waals surface area contributed by atoms with Gasteiger partial charge in [-0.1, -0.05) is 48.5 Å². The molecule has 1 aliphatic rings. The first-order chi connectivity index (χ1) is 11.7. The highest BCUT2D eigenvalue weighted by atomic mass is 16.3. The summed E-state index contributed by atoms with van der Waals surface area (Å²) < 4.78 is 0. The van der Waals surface area contributed by atoms with E-state index < -0.39 is 6.10 Å². The number of rotatable bonds is 3. The molecule has 1 aromatic heterocycles. The van der Waals surface area contributed by atoms with E-state index in [1.807, 2.05) is 43.5 Å². The highest BCUT2D eigenvalue weighted by molar-refractivity contribution is 5.68. The number of pyridine rings is 1. The Bertz CT molecular complexity index is 861. The van der Waals surface area contributed by atoms with Crippen LogP contribution in [0.5, 0.6) is 0 Å². The van der Waals surface area contributed by atoms with E-state index in [1.54, 1.807) is 0 Å². The van der Waals surface area contributed by atoms with Gasteiger partial charge in [-0.05, 0) is 42.2 Å². The third-order valence-electron chi connectivity index (χ3n) is 4.71. The second kappa shape index (κ2) is 6.10. The van der Waals surface area contributed by atoms with E-state index in [0.29, 0.717) is 0 Å². The number of hydrogen-bond acceptors (Lipinski definition) is 3. The van der Waals surface area contributed by atoms with Crippen LogP contribution in [0.25, 0.3) is 0 Å². The molecule has 1 unspecified atom stereocenters. The first kappa shape index (κ1) is 14.9. The van der Waals surface area contributed by atoms with Gasteiger partial charge in [-0.2, -0.15) is 0 Å². The van der Waals surface area contributed by atoms with Gasteiger partial charge in [0.25, 0.3) is 0 Å². The van der Waals surface area contributed by atoms with E-state index in [1.165, 1.54) is 11.3 Å². The number of fused-ring (bicyclic) bond motifs is 1. The van der Waals surface area contributed by atoms with Crippen LogP contribution in [0.4, 0.5) is 11.5 Å². The molecule has 0 amide bonds. The van der Waals surface area contributed by atoms with Crippen LogP contribution in [0, 0.1) is 6.92 Å². The molecule has 24 heavy (non-hydrogen) atoms. The summed E-state index contributed by atoms with van der Waals surface area (Å²) in [6.45, 7) is 2.99. The predicted molar refractivity (Wildman–Crippen MR) is 96.6 cm³/mol. The van der Waals surface area contributed by atoms with Gasteiger partial charge in [0.2, 0.25) is 0 Å². The fraction of sp³-hybridized carbons (Fsp3) is 0.190. The van der Waals surface area contributed by atoms with E-state index >= 15 is 0 Å². The lowest BCUT2D eigenvalue weighted by Gasteiger charge is -2.21. The van der Waals surface area contributed by atoms with Crippen molar-refractivity contribution in [2.24, 2.45) is 0 Å². The third-order valence-corrected chi connectivity index (χ3v) is 4.71. The summed E-state index contributed by atoms with van der Waals surface area (Å²) in [5.74, 6) is 0.946. The zero-order valence-electron chi connectivity index (χ0n) is 13.7. The molecule has 0 spiro atoms. The number of aromatic nitrogens is 1. The molecule has 1 aliphatic heterocycles. The van der Waals surface area contributed by atoms with Crippen LogP contribution in [0.3, 0.4) is 0 Å². The molecule has 120 valence electrons. The number of nitrogens with zero attached hydrogens (tertiary/aromatic N) is 2. The summed E-state index contributed by atoms with van der Waals surface area (Å²) in [5.41, 5.74) is 5.41. The number of benzene rings is 2. The second-order valence-electron chi connectivity index (χ2n) is 6.24. The van der Waals surface area contributed by atoms with Crippen molar-refractivity contribution in [3.8, 4) is 0 Å². The van der Waals surface area contributed by atoms with Gasteiger partial charge < -0.3 is 10.0 Å². The molecule has 3 aromatic rings. The normalized spacial score (nSPS) is 14.5. The molecular weight excluding hydrogens is 296 g/mol. The molecule has 2 heterocycles. The average molecular weight is 316 g/mol. The lowest BCUT2D eigenvalue weighted by Crippen LogP contribution is -2.15. The van der Waals surface area contributed by atoms with Crippen molar-refractivity contribution in [2.75, 3.05) is 11.4 Å². The molecule has 0 radical (unpaired) electrons. The van der Waals surface area contributed by atoms with E-state index in [-0.39, 0.29) is 0 Å². The van der Waals surface area contributed by atoms with Crippen LogP contribution in [0.1, 0.15) is 28.4 Å².